The van der Waals surface area contributed by atoms with Crippen molar-refractivity contribution in [2.24, 2.45) is 17.6 Å². The van der Waals surface area contributed by atoms with E-state index < -0.39 is 23.8 Å². The summed E-state index contributed by atoms with van der Waals surface area (Å²) in [6, 6.07) is 17.7. The van der Waals surface area contributed by atoms with Gasteiger partial charge in [0, 0.05) is 37.5 Å². The highest BCUT2D eigenvalue weighted by Crippen LogP contribution is 2.33. The maximum absolute atomic E-state index is 14.1. The number of imidazole rings is 1. The van der Waals surface area contributed by atoms with E-state index in [2.05, 4.69) is 21.4 Å². The number of alkyl halides is 3. The van der Waals surface area contributed by atoms with Crippen molar-refractivity contribution < 1.29 is 22.7 Å². The number of nitrogens with one attached hydrogen (secondary N) is 1. The first-order valence-corrected chi connectivity index (χ1v) is 15.3. The molecule has 13 heteroatoms. The molecule has 0 spiro atoms. The number of carbonyl (C=O) groups is 1. The number of anilines is 1. The van der Waals surface area contributed by atoms with Gasteiger partial charge >= 0.3 is 6.18 Å². The second-order valence-corrected chi connectivity index (χ2v) is 11.9. The lowest BCUT2D eigenvalue weighted by molar-refractivity contribution is -0.138. The van der Waals surface area contributed by atoms with Crippen molar-refractivity contribution in [3.8, 4) is 11.9 Å². The molecule has 0 radical (unpaired) electrons. The summed E-state index contributed by atoms with van der Waals surface area (Å²) in [4.78, 5) is 23.9. The number of pyridine rings is 1. The third-order valence-electron chi connectivity index (χ3n) is 7.62. The first-order valence-electron chi connectivity index (χ1n) is 14.9. The molecule has 246 valence electrons. The normalized spacial score (nSPS) is 12.7. The largest absolute Gasteiger partial charge is 0.481 e. The van der Waals surface area contributed by atoms with E-state index in [-0.39, 0.29) is 35.3 Å². The fraction of sp³-hybridized carbons (Fsp3) is 0.324. The second-order valence-electron chi connectivity index (χ2n) is 11.5. The molecule has 0 saturated heterocycles. The number of rotatable bonds is 13. The molecule has 2 heterocycles. The van der Waals surface area contributed by atoms with Crippen LogP contribution in [0, 0.1) is 23.2 Å². The number of aromatic nitrogens is 3. The molecule has 9 nitrogen and oxygen atoms in total. The molecule has 0 aliphatic carbocycles. The van der Waals surface area contributed by atoms with Gasteiger partial charge in [-0.25, -0.2) is 9.97 Å². The van der Waals surface area contributed by atoms with Crippen LogP contribution in [0.3, 0.4) is 0 Å². The van der Waals surface area contributed by atoms with E-state index >= 15 is 0 Å². The van der Waals surface area contributed by atoms with Gasteiger partial charge in [-0.3, -0.25) is 4.79 Å². The number of Topliss-reactive ketones (excluding diaryl/α,β-unsaturated/α-hetero) is 1. The van der Waals surface area contributed by atoms with Crippen LogP contribution in [-0.2, 0) is 30.5 Å². The monoisotopic (exact) mass is 663 g/mol. The third kappa shape index (κ3) is 9.37. The van der Waals surface area contributed by atoms with Crippen molar-refractivity contribution in [2.75, 3.05) is 12.4 Å². The van der Waals surface area contributed by atoms with Gasteiger partial charge in [0.1, 0.15) is 5.78 Å². The van der Waals surface area contributed by atoms with Crippen LogP contribution >= 0.6 is 12.2 Å². The molecular formula is C34H36F3N7O2S. The Morgan fingerprint density at radius 1 is 1.13 bits per heavy atom. The number of carbonyl (C=O) groups excluding carboxylic acids is 1. The fourth-order valence-electron chi connectivity index (χ4n) is 5.22. The lowest BCUT2D eigenvalue weighted by Gasteiger charge is -2.37. The van der Waals surface area contributed by atoms with Crippen molar-refractivity contribution in [2.45, 2.75) is 52.1 Å². The molecular weight excluding hydrogens is 627 g/mol. The SMILES string of the molecule is COc1ccc(NC(=S)N(Cc2ccccc2C(F)(F)F)C(N)[C@H](CC(C)C)C(=O)Cc2cncn2Cc2ccc(C#N)cc2)cn1. The Kier molecular flexibility index (Phi) is 11.7. The first-order chi connectivity index (χ1) is 22.4. The Morgan fingerprint density at radius 3 is 2.47 bits per heavy atom. The Balaban J connectivity index is 1.64. The Morgan fingerprint density at radius 2 is 1.85 bits per heavy atom. The van der Waals surface area contributed by atoms with E-state index in [1.54, 1.807) is 36.8 Å². The highest BCUT2D eigenvalue weighted by Gasteiger charge is 2.36. The molecule has 4 aromatic rings. The van der Waals surface area contributed by atoms with E-state index in [1.165, 1.54) is 36.4 Å². The molecule has 0 aliphatic heterocycles. The molecule has 0 amide bonds. The number of nitrogens with zero attached hydrogens (tertiary/aromatic N) is 5. The maximum Gasteiger partial charge on any atom is 0.416 e. The summed E-state index contributed by atoms with van der Waals surface area (Å²) < 4.78 is 49.0. The number of ether oxygens (including phenoxy) is 1. The van der Waals surface area contributed by atoms with Crippen LogP contribution in [0.15, 0.2) is 79.4 Å². The number of ketones is 1. The van der Waals surface area contributed by atoms with Crippen molar-refractivity contribution in [3.05, 3.63) is 107 Å². The smallest absolute Gasteiger partial charge is 0.416 e. The van der Waals surface area contributed by atoms with Crippen LogP contribution in [0.2, 0.25) is 0 Å². The van der Waals surface area contributed by atoms with Gasteiger partial charge in [0.05, 0.1) is 54.6 Å². The summed E-state index contributed by atoms with van der Waals surface area (Å²) in [7, 11) is 1.48. The molecule has 2 aromatic heterocycles. The number of hydrogen-bond acceptors (Lipinski definition) is 7. The number of hydrogen-bond donors (Lipinski definition) is 2. The van der Waals surface area contributed by atoms with Crippen LogP contribution in [-0.4, -0.2) is 43.6 Å². The number of nitriles is 1. The predicted octanol–water partition coefficient (Wildman–Crippen LogP) is 6.18. The van der Waals surface area contributed by atoms with Gasteiger partial charge in [-0.15, -0.1) is 0 Å². The summed E-state index contributed by atoms with van der Waals surface area (Å²) in [6.45, 7) is 4.03. The Labute approximate surface area is 277 Å². The van der Waals surface area contributed by atoms with Gasteiger partial charge in [-0.05, 0) is 59.9 Å². The standard InChI is InChI=1S/C34H36F3N7O2S/c1-22(2)14-28(30(45)15-27-18-40-21-43(27)19-24-10-8-23(16-38)9-11-24)32(39)44(20-25-6-4-5-7-29(25)34(35,36)37)33(47)42-26-12-13-31(46-3)41-17-26/h4-13,17-18,21-22,28,32H,14-15,19-20,39H2,1-3H3,(H,42,47)/t28-,32?/m1/s1. The summed E-state index contributed by atoms with van der Waals surface area (Å²) in [5.41, 5.74) is 8.58. The van der Waals surface area contributed by atoms with E-state index in [9.17, 15) is 18.0 Å². The van der Waals surface area contributed by atoms with Crippen molar-refractivity contribution in [3.63, 3.8) is 0 Å². The molecule has 0 saturated carbocycles. The zero-order valence-corrected chi connectivity index (χ0v) is 27.1. The molecule has 1 unspecified atom stereocenters. The van der Waals surface area contributed by atoms with Gasteiger partial charge in [-0.2, -0.15) is 18.4 Å². The van der Waals surface area contributed by atoms with Crippen LogP contribution in [0.1, 0.15) is 48.2 Å². The molecule has 0 bridgehead atoms. The molecule has 4 rings (SSSR count). The number of halogens is 3. The summed E-state index contributed by atoms with van der Waals surface area (Å²) >= 11 is 5.73. The molecule has 0 aliphatic rings. The van der Waals surface area contributed by atoms with Gasteiger partial charge in [-0.1, -0.05) is 44.2 Å². The van der Waals surface area contributed by atoms with E-state index in [4.69, 9.17) is 28.0 Å². The Hall–Kier alpha value is -4.80. The quantitative estimate of drug-likeness (QED) is 0.128. The first kappa shape index (κ1) is 35.1. The molecule has 2 atom stereocenters. The topological polar surface area (TPSA) is 122 Å². The van der Waals surface area contributed by atoms with Crippen LogP contribution in [0.4, 0.5) is 18.9 Å². The van der Waals surface area contributed by atoms with Crippen molar-refractivity contribution in [1.29, 1.82) is 5.26 Å². The van der Waals surface area contributed by atoms with Gasteiger partial charge in [0.25, 0.3) is 0 Å². The Bertz CT molecular complexity index is 1700. The zero-order valence-electron chi connectivity index (χ0n) is 26.2. The van der Waals surface area contributed by atoms with Crippen LogP contribution < -0.4 is 15.8 Å². The van der Waals surface area contributed by atoms with Crippen LogP contribution in [0.25, 0.3) is 0 Å². The van der Waals surface area contributed by atoms with E-state index in [1.807, 2.05) is 30.5 Å². The van der Waals surface area contributed by atoms with Gasteiger partial charge < -0.3 is 25.3 Å². The lowest BCUT2D eigenvalue weighted by Crippen LogP contribution is -2.53. The highest BCUT2D eigenvalue weighted by atomic mass is 32.1. The zero-order chi connectivity index (χ0) is 34.1. The second kappa shape index (κ2) is 15.7. The van der Waals surface area contributed by atoms with E-state index in [0.717, 1.165) is 11.6 Å². The molecule has 2 aromatic carbocycles. The van der Waals surface area contributed by atoms with E-state index in [0.29, 0.717) is 35.8 Å². The predicted molar refractivity (Wildman–Crippen MR) is 176 cm³/mol. The summed E-state index contributed by atoms with van der Waals surface area (Å²) in [5, 5.41) is 12.2. The summed E-state index contributed by atoms with van der Waals surface area (Å²) in [6.07, 6.45) is -0.607. The number of methoxy groups -OCH3 is 1. The number of benzene rings is 2. The van der Waals surface area contributed by atoms with Gasteiger partial charge in [0.2, 0.25) is 5.88 Å². The molecule has 47 heavy (non-hydrogen) atoms. The maximum atomic E-state index is 14.1. The third-order valence-corrected chi connectivity index (χ3v) is 7.96. The van der Waals surface area contributed by atoms with Crippen LogP contribution in [0.5, 0.6) is 5.88 Å². The molecule has 3 N–H and O–H groups in total. The molecule has 0 fully saturated rings. The minimum Gasteiger partial charge on any atom is -0.481 e. The van der Waals surface area contributed by atoms with Crippen molar-refractivity contribution in [1.82, 2.24) is 19.4 Å². The minimum atomic E-state index is -4.61. The fourth-order valence-corrected chi connectivity index (χ4v) is 5.52. The number of thiocarbonyl (C=S) groups is 1. The summed E-state index contributed by atoms with van der Waals surface area (Å²) in [5.74, 6) is -0.582. The van der Waals surface area contributed by atoms with Gasteiger partial charge in [0.15, 0.2) is 5.11 Å². The van der Waals surface area contributed by atoms with Crippen molar-refractivity contribution >= 4 is 28.8 Å². The highest BCUT2D eigenvalue weighted by molar-refractivity contribution is 7.80. The minimum absolute atomic E-state index is 0.00304. The average Bonchev–Trinajstić information content (AvgIpc) is 3.48. The number of nitrogens with two attached hydrogens (primary N) is 1. The lowest BCUT2D eigenvalue weighted by atomic mass is 9.88. The average molecular weight is 664 g/mol.